The Morgan fingerprint density at radius 1 is 0.850 bits per heavy atom. The molecule has 0 fully saturated rings. The number of rotatable bonds is 3. The minimum atomic E-state index is -3.10. The molecule has 8 heteroatoms. The molecule has 0 saturated heterocycles. The van der Waals surface area contributed by atoms with E-state index in [0.717, 1.165) is 27.2 Å². The van der Waals surface area contributed by atoms with Crippen LogP contribution in [0.5, 0.6) is 0 Å². The van der Waals surface area contributed by atoms with Crippen LogP contribution in [0.2, 0.25) is 0 Å². The molecule has 0 aliphatic rings. The van der Waals surface area contributed by atoms with Crippen LogP contribution in [0, 0.1) is 6.92 Å². The van der Waals surface area contributed by atoms with Crippen molar-refractivity contribution in [3.05, 3.63) is 29.8 Å². The van der Waals surface area contributed by atoms with Crippen molar-refractivity contribution >= 4 is 39.3 Å². The van der Waals surface area contributed by atoms with Crippen LogP contribution in [0.25, 0.3) is 0 Å². The molecule has 0 atom stereocenters. The van der Waals surface area contributed by atoms with Gasteiger partial charge in [0, 0.05) is 6.26 Å². The van der Waals surface area contributed by atoms with Gasteiger partial charge in [-0.05, 0) is 53.2 Å². The van der Waals surface area contributed by atoms with E-state index < -0.39 is 17.7 Å². The zero-order valence-electron chi connectivity index (χ0n) is 10.6. The Balaban J connectivity index is -0.000000316. The lowest BCUT2D eigenvalue weighted by Crippen LogP contribution is -1.93. The monoisotopic (exact) mass is 360 g/mol. The van der Waals surface area contributed by atoms with Crippen molar-refractivity contribution in [2.24, 2.45) is 0 Å². The van der Waals surface area contributed by atoms with Crippen molar-refractivity contribution in [3.63, 3.8) is 0 Å². The summed E-state index contributed by atoms with van der Waals surface area (Å²) in [5.41, 5.74) is 1.06. The molecule has 20 heavy (non-hydrogen) atoms. The van der Waals surface area contributed by atoms with Crippen molar-refractivity contribution < 1.29 is 16.8 Å². The second-order valence-electron chi connectivity index (χ2n) is 3.30. The summed E-state index contributed by atoms with van der Waals surface area (Å²) < 4.78 is 42.5. The second-order valence-corrected chi connectivity index (χ2v) is 11.9. The third-order valence-electron chi connectivity index (χ3n) is 1.83. The first-order chi connectivity index (χ1) is 8.12. The highest BCUT2D eigenvalue weighted by Crippen LogP contribution is 2.20. The van der Waals surface area contributed by atoms with Gasteiger partial charge in [-0.15, -0.1) is 0 Å². The smallest absolute Gasteiger partial charge is 0.218 e. The fourth-order valence-corrected chi connectivity index (χ4v) is 2.37. The molecule has 120 valence electrons. The minimum absolute atomic E-state index is 0. The minimum Gasteiger partial charge on any atom is -0.218 e. The Morgan fingerprint density at radius 3 is 1.45 bits per heavy atom. The number of hydrogen-bond donors (Lipinski definition) is 0. The maximum Gasteiger partial charge on any atom is 0.229 e. The predicted molar refractivity (Wildman–Crippen MR) is 93.7 cm³/mol. The summed E-state index contributed by atoms with van der Waals surface area (Å²) in [5.74, 6) is 0. The summed E-state index contributed by atoms with van der Waals surface area (Å²) in [5, 5.41) is 0. The highest BCUT2D eigenvalue weighted by Gasteiger charge is 2.10. The lowest BCUT2D eigenvalue weighted by Gasteiger charge is -1.99. The molecule has 0 spiro atoms. The molecular weight excluding hydrogens is 336 g/mol. The largest absolute Gasteiger partial charge is 0.229 e. The van der Waals surface area contributed by atoms with Crippen molar-refractivity contribution in [2.75, 3.05) is 18.8 Å². The molecule has 0 radical (unpaired) electrons. The summed E-state index contributed by atoms with van der Waals surface area (Å²) in [7, 11) is -4.13. The van der Waals surface area contributed by atoms with E-state index in [4.69, 9.17) is 0 Å². The van der Waals surface area contributed by atoms with E-state index in [1.54, 1.807) is 30.5 Å². The highest BCUT2D eigenvalue weighted by molar-refractivity contribution is 8.72. The van der Waals surface area contributed by atoms with Crippen LogP contribution in [0.3, 0.4) is 0 Å². The molecule has 0 N–H and O–H groups in total. The average molecular weight is 361 g/mol. The summed E-state index contributed by atoms with van der Waals surface area (Å²) >= 11 is 0. The quantitative estimate of drug-likeness (QED) is 0.767. The number of benzene rings is 1. The van der Waals surface area contributed by atoms with Gasteiger partial charge in [-0.25, -0.2) is 16.8 Å². The van der Waals surface area contributed by atoms with E-state index >= 15 is 0 Å². The number of aryl methyl sites for hydroxylation is 1. The first-order valence-electron chi connectivity index (χ1n) is 4.75. The molecule has 4 nitrogen and oxygen atoms in total. The van der Waals surface area contributed by atoms with Crippen molar-refractivity contribution in [1.82, 2.24) is 0 Å². The summed E-state index contributed by atoms with van der Waals surface area (Å²) in [6.45, 7) is 1.93. The lowest BCUT2D eigenvalue weighted by atomic mass is 10.2. The SMILES string of the molecule is C.C.CSS(=O)(=O)c1ccc(C)cc1.CSS(C)(=O)=O. The molecule has 0 heterocycles. The van der Waals surface area contributed by atoms with Gasteiger partial charge in [-0.2, -0.15) is 0 Å². The van der Waals surface area contributed by atoms with E-state index in [-0.39, 0.29) is 14.9 Å². The Kier molecular flexibility index (Phi) is 13.1. The first-order valence-corrected chi connectivity index (χ1v) is 11.6. The van der Waals surface area contributed by atoms with E-state index in [2.05, 4.69) is 0 Å². The van der Waals surface area contributed by atoms with Gasteiger partial charge in [0.05, 0.1) is 4.90 Å². The van der Waals surface area contributed by atoms with Crippen LogP contribution in [0.4, 0.5) is 0 Å². The van der Waals surface area contributed by atoms with Crippen LogP contribution < -0.4 is 0 Å². The Labute approximate surface area is 131 Å². The van der Waals surface area contributed by atoms with Crippen LogP contribution in [-0.4, -0.2) is 35.6 Å². The fraction of sp³-hybridized carbons (Fsp3) is 0.500. The zero-order chi connectivity index (χ0) is 14.4. The third kappa shape index (κ3) is 10.6. The van der Waals surface area contributed by atoms with Gasteiger partial charge in [0.25, 0.3) is 0 Å². The van der Waals surface area contributed by atoms with Crippen molar-refractivity contribution in [1.29, 1.82) is 0 Å². The molecule has 0 amide bonds. The average Bonchev–Trinajstić information content (AvgIpc) is 2.29. The topological polar surface area (TPSA) is 68.3 Å². The summed E-state index contributed by atoms with van der Waals surface area (Å²) in [6, 6.07) is 6.84. The summed E-state index contributed by atoms with van der Waals surface area (Å²) in [4.78, 5) is 0.376. The van der Waals surface area contributed by atoms with Gasteiger partial charge in [0.15, 0.2) is 8.87 Å². The van der Waals surface area contributed by atoms with Crippen LogP contribution in [0.15, 0.2) is 29.2 Å². The van der Waals surface area contributed by atoms with Crippen LogP contribution in [0.1, 0.15) is 20.4 Å². The molecule has 1 aromatic rings. The molecule has 0 saturated carbocycles. The predicted octanol–water partition coefficient (Wildman–Crippen LogP) is 3.63. The molecule has 0 bridgehead atoms. The van der Waals surface area contributed by atoms with Gasteiger partial charge in [0.1, 0.15) is 0 Å². The highest BCUT2D eigenvalue weighted by atomic mass is 33.1. The molecule has 1 rings (SSSR count). The van der Waals surface area contributed by atoms with Gasteiger partial charge in [-0.3, -0.25) is 0 Å². The maximum atomic E-state index is 11.3. The molecule has 0 aliphatic carbocycles. The van der Waals surface area contributed by atoms with E-state index in [0.29, 0.717) is 4.90 Å². The standard InChI is InChI=1S/C8H10O2S2.C2H6O2S2.2CH4/c1-7-3-5-8(6-4-7)12(9,10)11-2;1-5-6(2,3)4;;/h3-6H,1-2H3;1-2H3;2*1H4. The normalized spacial score (nSPS) is 10.4. The molecule has 1 aromatic carbocycles. The zero-order valence-corrected chi connectivity index (χ0v) is 13.8. The van der Waals surface area contributed by atoms with Crippen molar-refractivity contribution in [2.45, 2.75) is 26.7 Å². The third-order valence-corrected chi connectivity index (χ3v) is 7.44. The lowest BCUT2D eigenvalue weighted by molar-refractivity contribution is 0.610. The first kappa shape index (κ1) is 24.8. The molecule has 0 aliphatic heterocycles. The molecular formula is C12H24O4S4. The van der Waals surface area contributed by atoms with Crippen LogP contribution in [-0.2, 0) is 17.7 Å². The number of hydrogen-bond acceptors (Lipinski definition) is 6. The Hall–Kier alpha value is -0.180. The van der Waals surface area contributed by atoms with Crippen LogP contribution >= 0.6 is 21.6 Å². The van der Waals surface area contributed by atoms with Gasteiger partial charge < -0.3 is 0 Å². The molecule has 0 aromatic heterocycles. The Bertz CT molecular complexity index is 560. The Morgan fingerprint density at radius 2 is 1.20 bits per heavy atom. The van der Waals surface area contributed by atoms with E-state index in [1.807, 2.05) is 6.92 Å². The van der Waals surface area contributed by atoms with Gasteiger partial charge in [0.2, 0.25) is 8.87 Å². The van der Waals surface area contributed by atoms with Gasteiger partial charge in [-0.1, -0.05) is 32.5 Å². The van der Waals surface area contributed by atoms with Gasteiger partial charge >= 0.3 is 0 Å². The van der Waals surface area contributed by atoms with E-state index in [9.17, 15) is 16.8 Å². The molecule has 0 unspecified atom stereocenters. The maximum absolute atomic E-state index is 11.3. The fourth-order valence-electron chi connectivity index (χ4n) is 0.801. The van der Waals surface area contributed by atoms with E-state index in [1.165, 1.54) is 12.5 Å². The van der Waals surface area contributed by atoms with Crippen molar-refractivity contribution in [3.8, 4) is 0 Å². The second kappa shape index (κ2) is 10.5. The summed E-state index contributed by atoms with van der Waals surface area (Å²) in [6.07, 6.45) is 4.28.